The van der Waals surface area contributed by atoms with Crippen molar-refractivity contribution < 1.29 is 9.53 Å². The van der Waals surface area contributed by atoms with Crippen LogP contribution in [0.25, 0.3) is 10.9 Å². The van der Waals surface area contributed by atoms with Gasteiger partial charge in [0.25, 0.3) is 5.56 Å². The van der Waals surface area contributed by atoms with Gasteiger partial charge in [-0.3, -0.25) is 9.59 Å². The molecular formula is C22H23N3O3. The Morgan fingerprint density at radius 1 is 1.21 bits per heavy atom. The lowest BCUT2D eigenvalue weighted by Crippen LogP contribution is -2.35. The fourth-order valence-corrected chi connectivity index (χ4v) is 3.82. The van der Waals surface area contributed by atoms with Crippen LogP contribution in [0.15, 0.2) is 47.3 Å². The zero-order valence-electron chi connectivity index (χ0n) is 15.9. The van der Waals surface area contributed by atoms with Gasteiger partial charge >= 0.3 is 0 Å². The summed E-state index contributed by atoms with van der Waals surface area (Å²) < 4.78 is 5.48. The van der Waals surface area contributed by atoms with E-state index in [4.69, 9.17) is 4.74 Å². The highest BCUT2D eigenvalue weighted by atomic mass is 16.5. The lowest BCUT2D eigenvalue weighted by molar-refractivity contribution is -0.118. The van der Waals surface area contributed by atoms with Gasteiger partial charge in [0.05, 0.1) is 23.7 Å². The first kappa shape index (κ1) is 18.2. The Kier molecular flexibility index (Phi) is 5.10. The molecule has 2 heterocycles. The Hall–Kier alpha value is -3.15. The average Bonchev–Trinajstić information content (AvgIpc) is 2.72. The van der Waals surface area contributed by atoms with Crippen molar-refractivity contribution in [3.05, 3.63) is 64.2 Å². The summed E-state index contributed by atoms with van der Waals surface area (Å²) in [7, 11) is 1.63. The molecule has 0 saturated heterocycles. The van der Waals surface area contributed by atoms with Crippen LogP contribution >= 0.6 is 0 Å². The molecule has 28 heavy (non-hydrogen) atoms. The second-order valence-electron chi connectivity index (χ2n) is 7.00. The van der Waals surface area contributed by atoms with Gasteiger partial charge in [0.15, 0.2) is 0 Å². The topological polar surface area (TPSA) is 75.3 Å². The molecule has 0 spiro atoms. The molecule has 0 saturated carbocycles. The van der Waals surface area contributed by atoms with Crippen LogP contribution < -0.4 is 15.2 Å². The first-order valence-corrected chi connectivity index (χ1v) is 9.61. The fourth-order valence-electron chi connectivity index (χ4n) is 3.82. The number of amides is 1. The van der Waals surface area contributed by atoms with Crippen LogP contribution in [0, 0.1) is 0 Å². The molecule has 3 aromatic rings. The lowest BCUT2D eigenvalue weighted by Gasteiger charge is -2.31. The number of carbonyl (C=O) groups excluding carboxylic acids is 1. The van der Waals surface area contributed by atoms with E-state index in [2.05, 4.69) is 16.0 Å². The molecule has 0 unspecified atom stereocenters. The third-order valence-corrected chi connectivity index (χ3v) is 5.17. The molecule has 1 aliphatic rings. The van der Waals surface area contributed by atoms with Crippen molar-refractivity contribution in [3.8, 4) is 5.75 Å². The monoisotopic (exact) mass is 377 g/mol. The minimum atomic E-state index is -0.137. The number of ether oxygens (including phenoxy) is 1. The average molecular weight is 377 g/mol. The highest BCUT2D eigenvalue weighted by molar-refractivity contribution is 5.96. The zero-order chi connectivity index (χ0) is 19.5. The van der Waals surface area contributed by atoms with Crippen molar-refractivity contribution in [1.82, 2.24) is 9.97 Å². The number of rotatable bonds is 5. The van der Waals surface area contributed by atoms with E-state index in [0.29, 0.717) is 42.5 Å². The first-order chi connectivity index (χ1) is 13.7. The first-order valence-electron chi connectivity index (χ1n) is 9.61. The van der Waals surface area contributed by atoms with Crippen molar-refractivity contribution >= 4 is 22.5 Å². The molecule has 0 bridgehead atoms. The fraction of sp³-hybridized carbons (Fsp3) is 0.318. The van der Waals surface area contributed by atoms with Crippen LogP contribution in [-0.2, 0) is 17.6 Å². The van der Waals surface area contributed by atoms with Crippen molar-refractivity contribution in [3.63, 3.8) is 0 Å². The maximum atomic E-state index is 12.9. The quantitative estimate of drug-likeness (QED) is 0.741. The minimum absolute atomic E-state index is 0.0774. The molecule has 0 fully saturated rings. The number of benzene rings is 2. The normalized spacial score (nSPS) is 13.4. The number of hydrogen-bond donors (Lipinski definition) is 1. The maximum absolute atomic E-state index is 12.9. The Morgan fingerprint density at radius 3 is 2.93 bits per heavy atom. The maximum Gasteiger partial charge on any atom is 0.258 e. The van der Waals surface area contributed by atoms with Gasteiger partial charge in [0, 0.05) is 19.4 Å². The van der Waals surface area contributed by atoms with Crippen molar-refractivity contribution in [2.75, 3.05) is 18.6 Å². The number of aromatic amines is 1. The number of aromatic nitrogens is 2. The van der Waals surface area contributed by atoms with E-state index in [0.717, 1.165) is 29.8 Å². The summed E-state index contributed by atoms with van der Waals surface area (Å²) in [5.41, 5.74) is 2.60. The summed E-state index contributed by atoms with van der Waals surface area (Å²) in [6, 6.07) is 13.2. The van der Waals surface area contributed by atoms with Crippen LogP contribution in [0.2, 0.25) is 0 Å². The molecule has 1 N–H and O–H groups in total. The minimum Gasteiger partial charge on any atom is -0.495 e. The van der Waals surface area contributed by atoms with Gasteiger partial charge in [-0.15, -0.1) is 0 Å². The molecule has 6 nitrogen and oxygen atoms in total. The molecule has 2 aromatic carbocycles. The third-order valence-electron chi connectivity index (χ3n) is 5.17. The largest absolute Gasteiger partial charge is 0.495 e. The van der Waals surface area contributed by atoms with Crippen LogP contribution in [0.5, 0.6) is 5.75 Å². The molecule has 0 atom stereocenters. The third kappa shape index (κ3) is 3.50. The van der Waals surface area contributed by atoms with Gasteiger partial charge in [-0.1, -0.05) is 24.3 Å². The van der Waals surface area contributed by atoms with Crippen molar-refractivity contribution in [2.45, 2.75) is 32.1 Å². The Morgan fingerprint density at radius 2 is 2.07 bits per heavy atom. The number of carbonyl (C=O) groups is 1. The van der Waals surface area contributed by atoms with Gasteiger partial charge in [-0.25, -0.2) is 4.98 Å². The smallest absolute Gasteiger partial charge is 0.258 e. The zero-order valence-corrected chi connectivity index (χ0v) is 15.9. The van der Waals surface area contributed by atoms with Crippen LogP contribution in [0.3, 0.4) is 0 Å². The number of nitrogens with zero attached hydrogens (tertiary/aromatic N) is 2. The van der Waals surface area contributed by atoms with E-state index in [1.54, 1.807) is 13.2 Å². The number of H-pyrrole nitrogens is 1. The second-order valence-corrected chi connectivity index (χ2v) is 7.00. The summed E-state index contributed by atoms with van der Waals surface area (Å²) in [5.74, 6) is 1.44. The summed E-state index contributed by atoms with van der Waals surface area (Å²) in [6.45, 7) is 0.706. The Labute approximate surface area is 163 Å². The summed E-state index contributed by atoms with van der Waals surface area (Å²) in [5, 5.41) is 0.583. The van der Waals surface area contributed by atoms with Crippen LogP contribution in [-0.4, -0.2) is 29.5 Å². The number of hydrogen-bond acceptors (Lipinski definition) is 4. The molecule has 1 aromatic heterocycles. The van der Waals surface area contributed by atoms with E-state index < -0.39 is 0 Å². The number of para-hydroxylation sites is 2. The molecule has 0 radical (unpaired) electrons. The molecule has 144 valence electrons. The van der Waals surface area contributed by atoms with Crippen molar-refractivity contribution in [2.24, 2.45) is 0 Å². The number of methoxy groups -OCH3 is 1. The van der Waals surface area contributed by atoms with Gasteiger partial charge < -0.3 is 14.6 Å². The highest BCUT2D eigenvalue weighted by Gasteiger charge is 2.25. The standard InChI is InChI=1S/C22H23N3O3/c1-28-18-11-4-7-15-8-6-14-25(21(15)18)20(26)13-5-12-19-23-17-10-3-2-9-16(17)22(27)24-19/h2-4,7,9-11H,5-6,8,12-14H2,1H3,(H,23,24,27). The van der Waals surface area contributed by atoms with E-state index >= 15 is 0 Å². The van der Waals surface area contributed by atoms with E-state index in [9.17, 15) is 9.59 Å². The van der Waals surface area contributed by atoms with Gasteiger partial charge in [0.2, 0.25) is 5.91 Å². The predicted molar refractivity (Wildman–Crippen MR) is 109 cm³/mol. The van der Waals surface area contributed by atoms with Crippen LogP contribution in [0.4, 0.5) is 5.69 Å². The van der Waals surface area contributed by atoms with E-state index in [1.807, 2.05) is 35.2 Å². The van der Waals surface area contributed by atoms with Gasteiger partial charge in [-0.05, 0) is 43.0 Å². The number of fused-ring (bicyclic) bond motifs is 2. The molecule has 6 heteroatoms. The molecular weight excluding hydrogens is 354 g/mol. The lowest BCUT2D eigenvalue weighted by atomic mass is 10.0. The predicted octanol–water partition coefficient (Wildman–Crippen LogP) is 3.23. The van der Waals surface area contributed by atoms with E-state index in [-0.39, 0.29) is 11.5 Å². The summed E-state index contributed by atoms with van der Waals surface area (Å²) >= 11 is 0. The summed E-state index contributed by atoms with van der Waals surface area (Å²) in [6.07, 6.45) is 3.48. The van der Waals surface area contributed by atoms with E-state index in [1.165, 1.54) is 0 Å². The number of nitrogens with one attached hydrogen (secondary N) is 1. The molecule has 0 aliphatic carbocycles. The molecule has 1 aliphatic heterocycles. The van der Waals surface area contributed by atoms with Crippen molar-refractivity contribution in [1.29, 1.82) is 0 Å². The Bertz CT molecular complexity index is 1060. The summed E-state index contributed by atoms with van der Waals surface area (Å²) in [4.78, 5) is 34.2. The molecule has 1 amide bonds. The van der Waals surface area contributed by atoms with Gasteiger partial charge in [-0.2, -0.15) is 0 Å². The Balaban J connectivity index is 1.46. The number of aryl methyl sites for hydroxylation is 2. The SMILES string of the molecule is COc1cccc2c1N(C(=O)CCCc1nc3ccccc3c(=O)[nH]1)CCC2. The molecule has 4 rings (SSSR count). The van der Waals surface area contributed by atoms with Gasteiger partial charge in [0.1, 0.15) is 11.6 Å². The second kappa shape index (κ2) is 7.84. The highest BCUT2D eigenvalue weighted by Crippen LogP contribution is 2.36. The van der Waals surface area contributed by atoms with Crippen LogP contribution in [0.1, 0.15) is 30.7 Å². The number of anilines is 1.